The number of ether oxygens (including phenoxy) is 2. The standard InChI is InChI=1S/C16H15ClFNO3/c1-10(22-13-5-3-4-12(9-13)21-2)16(20)19-11-6-7-15(18)14(17)8-11/h3-10H,1-2H3,(H,19,20)/t10-/m1/s1. The van der Waals surface area contributed by atoms with E-state index in [4.69, 9.17) is 21.1 Å². The molecule has 0 radical (unpaired) electrons. The number of rotatable bonds is 5. The molecule has 0 aliphatic heterocycles. The Bertz CT molecular complexity index is 678. The summed E-state index contributed by atoms with van der Waals surface area (Å²) in [6, 6.07) is 10.9. The summed E-state index contributed by atoms with van der Waals surface area (Å²) in [6.07, 6.45) is -0.740. The molecule has 0 spiro atoms. The van der Waals surface area contributed by atoms with Crippen LogP contribution in [-0.4, -0.2) is 19.1 Å². The molecular weight excluding hydrogens is 309 g/mol. The molecule has 1 atom stereocenters. The molecule has 116 valence electrons. The van der Waals surface area contributed by atoms with Crippen molar-refractivity contribution in [3.8, 4) is 11.5 Å². The summed E-state index contributed by atoms with van der Waals surface area (Å²) in [5.74, 6) is 0.236. The average Bonchev–Trinajstić information content (AvgIpc) is 2.51. The number of carbonyl (C=O) groups excluding carboxylic acids is 1. The summed E-state index contributed by atoms with van der Waals surface area (Å²) in [5, 5.41) is 2.56. The first kappa shape index (κ1) is 16.1. The van der Waals surface area contributed by atoms with Gasteiger partial charge in [0.15, 0.2) is 6.10 Å². The fraction of sp³-hybridized carbons (Fsp3) is 0.188. The monoisotopic (exact) mass is 323 g/mol. The third-order valence-corrected chi connectivity index (χ3v) is 3.20. The molecule has 0 aromatic heterocycles. The molecule has 1 N–H and O–H groups in total. The van der Waals surface area contributed by atoms with Gasteiger partial charge in [0.1, 0.15) is 17.3 Å². The zero-order valence-electron chi connectivity index (χ0n) is 12.1. The van der Waals surface area contributed by atoms with Crippen molar-refractivity contribution in [2.24, 2.45) is 0 Å². The maximum Gasteiger partial charge on any atom is 0.265 e. The molecule has 6 heteroatoms. The highest BCUT2D eigenvalue weighted by Crippen LogP contribution is 2.21. The second-order valence-corrected chi connectivity index (χ2v) is 4.96. The van der Waals surface area contributed by atoms with E-state index in [1.54, 1.807) is 38.3 Å². The zero-order valence-corrected chi connectivity index (χ0v) is 12.9. The first-order chi connectivity index (χ1) is 10.5. The first-order valence-corrected chi connectivity index (χ1v) is 6.94. The van der Waals surface area contributed by atoms with Crippen LogP contribution in [0.15, 0.2) is 42.5 Å². The van der Waals surface area contributed by atoms with Crippen LogP contribution in [0.3, 0.4) is 0 Å². The molecule has 2 aromatic carbocycles. The Kier molecular flexibility index (Phi) is 5.22. The van der Waals surface area contributed by atoms with Crippen molar-refractivity contribution in [3.63, 3.8) is 0 Å². The number of nitrogens with one attached hydrogen (secondary N) is 1. The van der Waals surface area contributed by atoms with Crippen LogP contribution in [0.2, 0.25) is 5.02 Å². The molecular formula is C16H15ClFNO3. The van der Waals surface area contributed by atoms with E-state index in [9.17, 15) is 9.18 Å². The highest BCUT2D eigenvalue weighted by molar-refractivity contribution is 6.31. The van der Waals surface area contributed by atoms with E-state index in [0.717, 1.165) is 0 Å². The molecule has 4 nitrogen and oxygen atoms in total. The van der Waals surface area contributed by atoms with Crippen LogP contribution < -0.4 is 14.8 Å². The number of anilines is 1. The van der Waals surface area contributed by atoms with Gasteiger partial charge in [-0.05, 0) is 37.3 Å². The number of hydrogen-bond acceptors (Lipinski definition) is 3. The van der Waals surface area contributed by atoms with Crippen LogP contribution in [0.5, 0.6) is 11.5 Å². The van der Waals surface area contributed by atoms with E-state index in [1.807, 2.05) is 0 Å². The summed E-state index contributed by atoms with van der Waals surface area (Å²) < 4.78 is 23.7. The van der Waals surface area contributed by atoms with Gasteiger partial charge >= 0.3 is 0 Å². The van der Waals surface area contributed by atoms with E-state index in [2.05, 4.69) is 5.32 Å². The number of carbonyl (C=O) groups is 1. The Hall–Kier alpha value is -2.27. The van der Waals surface area contributed by atoms with Crippen molar-refractivity contribution >= 4 is 23.2 Å². The van der Waals surface area contributed by atoms with E-state index in [-0.39, 0.29) is 10.9 Å². The van der Waals surface area contributed by atoms with Crippen molar-refractivity contribution in [2.45, 2.75) is 13.0 Å². The normalized spacial score (nSPS) is 11.6. The average molecular weight is 324 g/mol. The van der Waals surface area contributed by atoms with Crippen molar-refractivity contribution in [1.29, 1.82) is 0 Å². The highest BCUT2D eigenvalue weighted by Gasteiger charge is 2.15. The van der Waals surface area contributed by atoms with Crippen LogP contribution in [0.4, 0.5) is 10.1 Å². The molecule has 0 fully saturated rings. The first-order valence-electron chi connectivity index (χ1n) is 6.56. The lowest BCUT2D eigenvalue weighted by Gasteiger charge is -2.15. The van der Waals surface area contributed by atoms with Crippen LogP contribution in [0.25, 0.3) is 0 Å². The summed E-state index contributed by atoms with van der Waals surface area (Å²) in [4.78, 5) is 12.1. The molecule has 0 unspecified atom stereocenters. The molecule has 0 aliphatic carbocycles. The zero-order chi connectivity index (χ0) is 16.1. The summed E-state index contributed by atoms with van der Waals surface area (Å²) >= 11 is 5.67. The third-order valence-electron chi connectivity index (χ3n) is 2.91. The van der Waals surface area contributed by atoms with Gasteiger partial charge in [-0.25, -0.2) is 4.39 Å². The summed E-state index contributed by atoms with van der Waals surface area (Å²) in [7, 11) is 1.55. The molecule has 1 amide bonds. The van der Waals surface area contributed by atoms with E-state index in [0.29, 0.717) is 17.2 Å². The lowest BCUT2D eigenvalue weighted by molar-refractivity contribution is -0.122. The van der Waals surface area contributed by atoms with Gasteiger partial charge in [0.05, 0.1) is 12.1 Å². The molecule has 0 bridgehead atoms. The Balaban J connectivity index is 2.00. The third kappa shape index (κ3) is 4.11. The van der Waals surface area contributed by atoms with Crippen molar-refractivity contribution < 1.29 is 18.7 Å². The minimum Gasteiger partial charge on any atom is -0.497 e. The fourth-order valence-corrected chi connectivity index (χ4v) is 1.93. The number of hydrogen-bond donors (Lipinski definition) is 1. The lowest BCUT2D eigenvalue weighted by atomic mass is 10.2. The second kappa shape index (κ2) is 7.13. The van der Waals surface area contributed by atoms with E-state index < -0.39 is 11.9 Å². The molecule has 0 saturated carbocycles. The van der Waals surface area contributed by atoms with Crippen LogP contribution in [-0.2, 0) is 4.79 Å². The van der Waals surface area contributed by atoms with Crippen LogP contribution in [0.1, 0.15) is 6.92 Å². The van der Waals surface area contributed by atoms with Crippen molar-refractivity contribution in [1.82, 2.24) is 0 Å². The minimum atomic E-state index is -0.740. The SMILES string of the molecule is COc1cccc(O[C@H](C)C(=O)Nc2ccc(F)c(Cl)c2)c1. The predicted molar refractivity (Wildman–Crippen MR) is 83.1 cm³/mol. The molecule has 2 aromatic rings. The Labute approximate surface area is 132 Å². The van der Waals surface area contributed by atoms with Crippen molar-refractivity contribution in [3.05, 3.63) is 53.3 Å². The number of amides is 1. The second-order valence-electron chi connectivity index (χ2n) is 4.56. The summed E-state index contributed by atoms with van der Waals surface area (Å²) in [6.45, 7) is 1.61. The largest absolute Gasteiger partial charge is 0.497 e. The number of methoxy groups -OCH3 is 1. The van der Waals surface area contributed by atoms with Gasteiger partial charge in [-0.1, -0.05) is 17.7 Å². The highest BCUT2D eigenvalue weighted by atomic mass is 35.5. The Morgan fingerprint density at radius 1 is 1.23 bits per heavy atom. The topological polar surface area (TPSA) is 47.6 Å². The molecule has 2 rings (SSSR count). The van der Waals surface area contributed by atoms with Gasteiger partial charge in [0.2, 0.25) is 0 Å². The minimum absolute atomic E-state index is 0.0563. The van der Waals surface area contributed by atoms with Gasteiger partial charge in [-0.15, -0.1) is 0 Å². The van der Waals surface area contributed by atoms with Crippen molar-refractivity contribution in [2.75, 3.05) is 12.4 Å². The fourth-order valence-electron chi connectivity index (χ4n) is 1.75. The quantitative estimate of drug-likeness (QED) is 0.908. The van der Waals surface area contributed by atoms with Gasteiger partial charge in [0, 0.05) is 11.8 Å². The summed E-state index contributed by atoms with van der Waals surface area (Å²) in [5.41, 5.74) is 0.400. The molecule has 0 aliphatic rings. The maximum absolute atomic E-state index is 13.1. The van der Waals surface area contributed by atoms with Gasteiger partial charge in [-0.2, -0.15) is 0 Å². The maximum atomic E-state index is 13.1. The molecule has 0 saturated heterocycles. The van der Waals surface area contributed by atoms with Crippen LogP contribution in [0, 0.1) is 5.82 Å². The predicted octanol–water partition coefficient (Wildman–Crippen LogP) is 3.89. The van der Waals surface area contributed by atoms with Gasteiger partial charge in [0.25, 0.3) is 5.91 Å². The number of benzene rings is 2. The smallest absolute Gasteiger partial charge is 0.265 e. The van der Waals surface area contributed by atoms with E-state index in [1.165, 1.54) is 18.2 Å². The lowest BCUT2D eigenvalue weighted by Crippen LogP contribution is -2.30. The van der Waals surface area contributed by atoms with Gasteiger partial charge in [-0.3, -0.25) is 4.79 Å². The van der Waals surface area contributed by atoms with E-state index >= 15 is 0 Å². The molecule has 22 heavy (non-hydrogen) atoms. The Morgan fingerprint density at radius 2 is 1.95 bits per heavy atom. The van der Waals surface area contributed by atoms with Crippen LogP contribution >= 0.6 is 11.6 Å². The Morgan fingerprint density at radius 3 is 2.64 bits per heavy atom. The van der Waals surface area contributed by atoms with Gasteiger partial charge < -0.3 is 14.8 Å². The number of halogens is 2. The molecule has 0 heterocycles.